The van der Waals surface area contributed by atoms with Crippen LogP contribution < -0.4 is 0 Å². The molecule has 126 valence electrons. The van der Waals surface area contributed by atoms with Crippen LogP contribution in [0.3, 0.4) is 0 Å². The Morgan fingerprint density at radius 1 is 0.960 bits per heavy atom. The van der Waals surface area contributed by atoms with Crippen LogP contribution in [0.4, 0.5) is 4.39 Å². The molecule has 1 aromatic heterocycles. The van der Waals surface area contributed by atoms with Crippen molar-refractivity contribution in [1.29, 1.82) is 0 Å². The molecule has 0 bridgehead atoms. The fraction of sp³-hybridized carbons (Fsp3) is 0.200. The summed E-state index contributed by atoms with van der Waals surface area (Å²) in [6.45, 7) is 1.56. The van der Waals surface area contributed by atoms with Gasteiger partial charge >= 0.3 is 0 Å². The van der Waals surface area contributed by atoms with Crippen molar-refractivity contribution in [3.63, 3.8) is 0 Å². The molecule has 2 heterocycles. The van der Waals surface area contributed by atoms with Crippen LogP contribution in [-0.2, 0) is 0 Å². The minimum absolute atomic E-state index is 0.0118. The lowest BCUT2D eigenvalue weighted by Gasteiger charge is -2.15. The SMILES string of the molecule is O=C(c1cc(-c2ccc(F)cc2)nn1-c1ccccc1)N1CCCC1. The van der Waals surface area contributed by atoms with Crippen molar-refractivity contribution in [1.82, 2.24) is 14.7 Å². The largest absolute Gasteiger partial charge is 0.337 e. The summed E-state index contributed by atoms with van der Waals surface area (Å²) in [5.74, 6) is -0.304. The quantitative estimate of drug-likeness (QED) is 0.728. The van der Waals surface area contributed by atoms with Gasteiger partial charge in [0.2, 0.25) is 0 Å². The predicted molar refractivity (Wildman–Crippen MR) is 94.1 cm³/mol. The zero-order valence-electron chi connectivity index (χ0n) is 13.7. The Balaban J connectivity index is 1.80. The lowest BCUT2D eigenvalue weighted by atomic mass is 10.1. The molecule has 0 aliphatic carbocycles. The molecule has 25 heavy (non-hydrogen) atoms. The number of benzene rings is 2. The Bertz CT molecular complexity index is 881. The molecule has 1 amide bonds. The van der Waals surface area contributed by atoms with Crippen molar-refractivity contribution < 1.29 is 9.18 Å². The van der Waals surface area contributed by atoms with Crippen molar-refractivity contribution in [2.24, 2.45) is 0 Å². The van der Waals surface area contributed by atoms with Gasteiger partial charge in [0, 0.05) is 18.7 Å². The number of hydrogen-bond donors (Lipinski definition) is 0. The van der Waals surface area contributed by atoms with E-state index < -0.39 is 0 Å². The Morgan fingerprint density at radius 3 is 2.32 bits per heavy atom. The summed E-state index contributed by atoms with van der Waals surface area (Å²) in [4.78, 5) is 14.8. The second kappa shape index (κ2) is 6.51. The molecule has 4 nitrogen and oxygen atoms in total. The number of carbonyl (C=O) groups is 1. The highest BCUT2D eigenvalue weighted by molar-refractivity contribution is 5.94. The molecule has 1 aliphatic rings. The van der Waals surface area contributed by atoms with E-state index in [9.17, 15) is 9.18 Å². The van der Waals surface area contributed by atoms with E-state index in [4.69, 9.17) is 0 Å². The third-order valence-electron chi connectivity index (χ3n) is 4.46. The standard InChI is InChI=1S/C20H18FN3O/c21-16-10-8-15(9-11-16)18-14-19(20(25)23-12-4-5-13-23)24(22-18)17-6-2-1-3-7-17/h1-3,6-11,14H,4-5,12-13H2. The Labute approximate surface area is 145 Å². The number of nitrogens with zero attached hydrogens (tertiary/aromatic N) is 3. The lowest BCUT2D eigenvalue weighted by Crippen LogP contribution is -2.29. The van der Waals surface area contributed by atoms with Gasteiger partial charge in [-0.1, -0.05) is 18.2 Å². The van der Waals surface area contributed by atoms with Crippen LogP contribution in [0.15, 0.2) is 60.7 Å². The van der Waals surface area contributed by atoms with Crippen LogP contribution in [0, 0.1) is 5.82 Å². The van der Waals surface area contributed by atoms with E-state index in [1.54, 1.807) is 22.9 Å². The first-order valence-electron chi connectivity index (χ1n) is 8.43. The maximum Gasteiger partial charge on any atom is 0.272 e. The van der Waals surface area contributed by atoms with E-state index in [1.807, 2.05) is 35.2 Å². The van der Waals surface area contributed by atoms with Crippen LogP contribution in [-0.4, -0.2) is 33.7 Å². The molecule has 4 rings (SSSR count). The molecule has 2 aromatic carbocycles. The van der Waals surface area contributed by atoms with E-state index in [-0.39, 0.29) is 11.7 Å². The lowest BCUT2D eigenvalue weighted by molar-refractivity contribution is 0.0784. The number of hydrogen-bond acceptors (Lipinski definition) is 2. The zero-order chi connectivity index (χ0) is 17.2. The molecule has 3 aromatic rings. The highest BCUT2D eigenvalue weighted by Gasteiger charge is 2.24. The molecule has 0 unspecified atom stereocenters. The second-order valence-electron chi connectivity index (χ2n) is 6.17. The maximum atomic E-state index is 13.2. The minimum Gasteiger partial charge on any atom is -0.337 e. The molecule has 1 saturated heterocycles. The number of likely N-dealkylation sites (tertiary alicyclic amines) is 1. The fourth-order valence-corrected chi connectivity index (χ4v) is 3.14. The van der Waals surface area contributed by atoms with E-state index in [0.717, 1.165) is 37.2 Å². The molecular weight excluding hydrogens is 317 g/mol. The van der Waals surface area contributed by atoms with E-state index in [0.29, 0.717) is 11.4 Å². The summed E-state index contributed by atoms with van der Waals surface area (Å²) < 4.78 is 14.9. The summed E-state index contributed by atoms with van der Waals surface area (Å²) >= 11 is 0. The van der Waals surface area contributed by atoms with E-state index >= 15 is 0 Å². The minimum atomic E-state index is -0.292. The molecule has 0 atom stereocenters. The number of amides is 1. The van der Waals surface area contributed by atoms with Gasteiger partial charge in [-0.25, -0.2) is 9.07 Å². The normalized spacial score (nSPS) is 14.0. The van der Waals surface area contributed by atoms with E-state index in [1.165, 1.54) is 12.1 Å². The molecule has 0 spiro atoms. The van der Waals surface area contributed by atoms with Gasteiger partial charge < -0.3 is 4.90 Å². The van der Waals surface area contributed by atoms with Gasteiger partial charge in [0.1, 0.15) is 11.5 Å². The summed E-state index contributed by atoms with van der Waals surface area (Å²) in [6, 6.07) is 17.5. The van der Waals surface area contributed by atoms with Crippen molar-refractivity contribution in [2.75, 3.05) is 13.1 Å². The van der Waals surface area contributed by atoms with Crippen LogP contribution in [0.25, 0.3) is 16.9 Å². The third-order valence-corrected chi connectivity index (χ3v) is 4.46. The molecule has 0 saturated carbocycles. The Morgan fingerprint density at radius 2 is 1.64 bits per heavy atom. The summed E-state index contributed by atoms with van der Waals surface area (Å²) in [5, 5.41) is 4.62. The second-order valence-corrected chi connectivity index (χ2v) is 6.17. The fourth-order valence-electron chi connectivity index (χ4n) is 3.14. The van der Waals surface area contributed by atoms with Gasteiger partial charge in [0.05, 0.1) is 11.4 Å². The van der Waals surface area contributed by atoms with Crippen molar-refractivity contribution in [2.45, 2.75) is 12.8 Å². The van der Waals surface area contributed by atoms with Gasteiger partial charge in [0.25, 0.3) is 5.91 Å². The van der Waals surface area contributed by atoms with E-state index in [2.05, 4.69) is 5.10 Å². The molecule has 0 N–H and O–H groups in total. The zero-order valence-corrected chi connectivity index (χ0v) is 13.7. The number of para-hydroxylation sites is 1. The highest BCUT2D eigenvalue weighted by Crippen LogP contribution is 2.24. The third kappa shape index (κ3) is 3.05. The summed E-state index contributed by atoms with van der Waals surface area (Å²) in [7, 11) is 0. The molecule has 1 aliphatic heterocycles. The molecule has 1 fully saturated rings. The number of aromatic nitrogens is 2. The molecule has 5 heteroatoms. The first-order chi connectivity index (χ1) is 12.2. The first-order valence-corrected chi connectivity index (χ1v) is 8.43. The van der Waals surface area contributed by atoms with Crippen molar-refractivity contribution >= 4 is 5.91 Å². The van der Waals surface area contributed by atoms with Gasteiger partial charge in [-0.2, -0.15) is 5.10 Å². The average Bonchev–Trinajstić information content (AvgIpc) is 3.33. The number of rotatable bonds is 3. The molecule has 0 radical (unpaired) electrons. The summed E-state index contributed by atoms with van der Waals surface area (Å²) in [5.41, 5.74) is 2.81. The van der Waals surface area contributed by atoms with Gasteiger partial charge in [-0.05, 0) is 55.3 Å². The predicted octanol–water partition coefficient (Wildman–Crippen LogP) is 3.91. The number of halogens is 1. The molecular formula is C20H18FN3O. The Kier molecular flexibility index (Phi) is 4.06. The van der Waals surface area contributed by atoms with Crippen LogP contribution in [0.5, 0.6) is 0 Å². The average molecular weight is 335 g/mol. The van der Waals surface area contributed by atoms with Crippen molar-refractivity contribution in [3.8, 4) is 16.9 Å². The maximum absolute atomic E-state index is 13.2. The van der Waals surface area contributed by atoms with Crippen LogP contribution >= 0.6 is 0 Å². The highest BCUT2D eigenvalue weighted by atomic mass is 19.1. The van der Waals surface area contributed by atoms with Gasteiger partial charge in [-0.3, -0.25) is 4.79 Å². The Hall–Kier alpha value is -2.95. The first kappa shape index (κ1) is 15.6. The van der Waals surface area contributed by atoms with Crippen LogP contribution in [0.2, 0.25) is 0 Å². The van der Waals surface area contributed by atoms with Crippen molar-refractivity contribution in [3.05, 3.63) is 72.2 Å². The van der Waals surface area contributed by atoms with Gasteiger partial charge in [0.15, 0.2) is 0 Å². The summed E-state index contributed by atoms with van der Waals surface area (Å²) in [6.07, 6.45) is 2.08. The number of carbonyl (C=O) groups excluding carboxylic acids is 1. The van der Waals surface area contributed by atoms with Crippen LogP contribution in [0.1, 0.15) is 23.3 Å². The monoisotopic (exact) mass is 335 g/mol. The smallest absolute Gasteiger partial charge is 0.272 e. The topological polar surface area (TPSA) is 38.1 Å². The van der Waals surface area contributed by atoms with Gasteiger partial charge in [-0.15, -0.1) is 0 Å².